The van der Waals surface area contributed by atoms with Crippen LogP contribution in [0.3, 0.4) is 0 Å². The van der Waals surface area contributed by atoms with Crippen LogP contribution >= 0.6 is 0 Å². The van der Waals surface area contributed by atoms with Crippen molar-refractivity contribution < 1.29 is 23.5 Å². The highest BCUT2D eigenvalue weighted by molar-refractivity contribution is 6.07. The van der Waals surface area contributed by atoms with E-state index in [1.54, 1.807) is 31.2 Å². The number of esters is 1. The monoisotopic (exact) mass is 472 g/mol. The number of hydrogen-bond acceptors (Lipinski definition) is 6. The fourth-order valence-electron chi connectivity index (χ4n) is 3.94. The van der Waals surface area contributed by atoms with Crippen LogP contribution in [0.5, 0.6) is 5.75 Å². The molecule has 0 saturated carbocycles. The van der Waals surface area contributed by atoms with Gasteiger partial charge in [0.15, 0.2) is 5.43 Å². The number of fused-ring (bicyclic) bond motifs is 2. The lowest BCUT2D eigenvalue weighted by molar-refractivity contribution is -0.117. The highest BCUT2D eigenvalue weighted by Gasteiger charge is 2.22. The van der Waals surface area contributed by atoms with E-state index in [2.05, 4.69) is 0 Å². The Morgan fingerprint density at radius 1 is 0.971 bits per heavy atom. The Labute approximate surface area is 203 Å². The molecule has 0 fully saturated rings. The van der Waals surface area contributed by atoms with Gasteiger partial charge in [0.25, 0.3) is 0 Å². The summed E-state index contributed by atoms with van der Waals surface area (Å²) in [5.74, 6) is 0.948. The summed E-state index contributed by atoms with van der Waals surface area (Å²) in [6.07, 6.45) is 1.08. The summed E-state index contributed by atoms with van der Waals surface area (Å²) in [5.41, 5.74) is 2.98. The first-order chi connectivity index (χ1) is 16.8. The van der Waals surface area contributed by atoms with Gasteiger partial charge in [-0.25, -0.2) is 4.79 Å². The van der Waals surface area contributed by atoms with E-state index in [1.807, 2.05) is 38.1 Å². The van der Waals surface area contributed by atoms with E-state index in [0.29, 0.717) is 54.3 Å². The van der Waals surface area contributed by atoms with Crippen LogP contribution in [0.4, 0.5) is 0 Å². The molecule has 2 aromatic rings. The van der Waals surface area contributed by atoms with Crippen molar-refractivity contribution in [3.8, 4) is 28.2 Å². The maximum atomic E-state index is 13.0. The first kappa shape index (κ1) is 24.2. The molecule has 180 valence electrons. The van der Waals surface area contributed by atoms with Gasteiger partial charge in [-0.2, -0.15) is 0 Å². The third-order valence-electron chi connectivity index (χ3n) is 5.57. The zero-order chi connectivity index (χ0) is 24.9. The molecule has 0 aromatic heterocycles. The van der Waals surface area contributed by atoms with Gasteiger partial charge in [-0.05, 0) is 55.2 Å². The minimum atomic E-state index is -0.401. The predicted octanol–water partition coefficient (Wildman–Crippen LogP) is 6.13. The van der Waals surface area contributed by atoms with E-state index < -0.39 is 5.97 Å². The molecule has 1 aliphatic heterocycles. The number of ketones is 1. The van der Waals surface area contributed by atoms with Crippen LogP contribution in [0.15, 0.2) is 69.9 Å². The highest BCUT2D eigenvalue weighted by atomic mass is 16.5. The molecular weight excluding hydrogens is 444 g/mol. The topological polar surface area (TPSA) is 82.8 Å². The van der Waals surface area contributed by atoms with Gasteiger partial charge >= 0.3 is 5.97 Å². The van der Waals surface area contributed by atoms with Crippen LogP contribution in [0, 0.1) is 5.92 Å². The highest BCUT2D eigenvalue weighted by Crippen LogP contribution is 2.42. The largest absolute Gasteiger partial charge is 0.493 e. The number of carbonyl (C=O) groups is 2. The molecule has 6 heteroatoms. The van der Waals surface area contributed by atoms with Gasteiger partial charge in [-0.1, -0.05) is 32.0 Å². The quantitative estimate of drug-likeness (QED) is 0.166. The molecule has 0 N–H and O–H groups in total. The van der Waals surface area contributed by atoms with Gasteiger partial charge in [0, 0.05) is 35.1 Å². The van der Waals surface area contributed by atoms with Crippen LogP contribution in [0.1, 0.15) is 44.0 Å². The molecule has 1 aliphatic carbocycles. The van der Waals surface area contributed by atoms with Crippen LogP contribution < -0.4 is 10.2 Å². The number of benzene rings is 3. The first-order valence-electron chi connectivity index (χ1n) is 11.7. The molecule has 0 bridgehead atoms. The van der Waals surface area contributed by atoms with Crippen molar-refractivity contribution in [2.45, 2.75) is 33.6 Å². The zero-order valence-corrected chi connectivity index (χ0v) is 20.1. The van der Waals surface area contributed by atoms with E-state index in [1.165, 1.54) is 12.1 Å². The molecule has 35 heavy (non-hydrogen) atoms. The molecule has 2 aromatic carbocycles. The fraction of sp³-hybridized carbons (Fsp3) is 0.276. The average molecular weight is 473 g/mol. The van der Waals surface area contributed by atoms with Gasteiger partial charge in [-0.3, -0.25) is 4.79 Å². The maximum absolute atomic E-state index is 13.0. The molecular formula is C29H28O6. The number of hydrogen-bond donors (Lipinski definition) is 0. The maximum Gasteiger partial charge on any atom is 0.338 e. The summed E-state index contributed by atoms with van der Waals surface area (Å²) in [4.78, 5) is 36.3. The molecule has 4 rings (SSSR count). The van der Waals surface area contributed by atoms with Crippen molar-refractivity contribution in [2.75, 3.05) is 13.2 Å². The van der Waals surface area contributed by atoms with Gasteiger partial charge in [0.2, 0.25) is 0 Å². The van der Waals surface area contributed by atoms with Crippen LogP contribution in [0.2, 0.25) is 0 Å². The SMILES string of the molecule is CC(=O)CCCOc1ccc2c(-c3ccccc3C(=O)OCC(C)C)c3ccc(=O)cc-3oc2c1. The third kappa shape index (κ3) is 5.60. The van der Waals surface area contributed by atoms with Crippen LogP contribution in [-0.4, -0.2) is 25.0 Å². The van der Waals surface area contributed by atoms with E-state index in [4.69, 9.17) is 13.9 Å². The Morgan fingerprint density at radius 2 is 1.77 bits per heavy atom. The third-order valence-corrected chi connectivity index (χ3v) is 5.57. The second kappa shape index (κ2) is 10.6. The normalized spacial score (nSPS) is 11.2. The van der Waals surface area contributed by atoms with Gasteiger partial charge in [-0.15, -0.1) is 0 Å². The van der Waals surface area contributed by atoms with Crippen molar-refractivity contribution in [3.05, 3.63) is 76.5 Å². The van der Waals surface area contributed by atoms with Crippen LogP contribution in [-0.2, 0) is 9.53 Å². The summed E-state index contributed by atoms with van der Waals surface area (Å²) in [5, 5.41) is 0.774. The fourth-order valence-corrected chi connectivity index (χ4v) is 3.94. The van der Waals surface area contributed by atoms with E-state index in [0.717, 1.165) is 16.5 Å². The number of rotatable bonds is 9. The molecule has 0 radical (unpaired) electrons. The summed E-state index contributed by atoms with van der Waals surface area (Å²) < 4.78 is 17.4. The average Bonchev–Trinajstić information content (AvgIpc) is 2.83. The van der Waals surface area contributed by atoms with E-state index in [-0.39, 0.29) is 17.1 Å². The Hall–Kier alpha value is -3.93. The Morgan fingerprint density at radius 3 is 2.54 bits per heavy atom. The Balaban J connectivity index is 1.83. The molecule has 1 heterocycles. The molecule has 0 atom stereocenters. The second-order valence-corrected chi connectivity index (χ2v) is 8.98. The summed E-state index contributed by atoms with van der Waals surface area (Å²) in [6, 6.07) is 17.4. The van der Waals surface area contributed by atoms with Crippen molar-refractivity contribution in [1.29, 1.82) is 0 Å². The predicted molar refractivity (Wildman–Crippen MR) is 135 cm³/mol. The molecule has 6 nitrogen and oxygen atoms in total. The van der Waals surface area contributed by atoms with Gasteiger partial charge in [0.1, 0.15) is 22.9 Å². The lowest BCUT2D eigenvalue weighted by atomic mass is 9.91. The second-order valence-electron chi connectivity index (χ2n) is 8.98. The van der Waals surface area contributed by atoms with Crippen molar-refractivity contribution in [2.24, 2.45) is 5.92 Å². The molecule has 0 saturated heterocycles. The lowest BCUT2D eigenvalue weighted by Gasteiger charge is -2.18. The number of Topliss-reactive ketones (excluding diaryl/α,β-unsaturated/α-hetero) is 1. The van der Waals surface area contributed by atoms with Crippen molar-refractivity contribution in [3.63, 3.8) is 0 Å². The molecule has 0 unspecified atom stereocenters. The minimum absolute atomic E-state index is 0.122. The van der Waals surface area contributed by atoms with Gasteiger partial charge in [0.05, 0.1) is 18.8 Å². The van der Waals surface area contributed by atoms with Gasteiger partial charge < -0.3 is 18.7 Å². The Kier molecular flexibility index (Phi) is 7.30. The summed E-state index contributed by atoms with van der Waals surface area (Å²) in [7, 11) is 0. The number of ether oxygens (including phenoxy) is 2. The number of carbonyl (C=O) groups excluding carboxylic acids is 2. The van der Waals surface area contributed by atoms with E-state index in [9.17, 15) is 14.4 Å². The Bertz CT molecular complexity index is 1400. The van der Waals surface area contributed by atoms with Crippen LogP contribution in [0.25, 0.3) is 33.4 Å². The summed E-state index contributed by atoms with van der Waals surface area (Å²) in [6.45, 7) is 6.25. The molecule has 0 amide bonds. The lowest BCUT2D eigenvalue weighted by Crippen LogP contribution is -2.11. The minimum Gasteiger partial charge on any atom is -0.493 e. The zero-order valence-electron chi connectivity index (χ0n) is 20.1. The first-order valence-corrected chi connectivity index (χ1v) is 11.7. The summed E-state index contributed by atoms with van der Waals surface area (Å²) >= 11 is 0. The van der Waals surface area contributed by atoms with Crippen molar-refractivity contribution in [1.82, 2.24) is 0 Å². The standard InChI is InChI=1S/C29H28O6/c1-18(2)17-34-29(32)23-9-5-4-8-22(23)28-24-12-10-20(31)15-26(24)35-27-16-21(11-13-25(27)28)33-14-6-7-19(3)30/h4-5,8-13,15-16,18H,6-7,14,17H2,1-3H3. The van der Waals surface area contributed by atoms with E-state index >= 15 is 0 Å². The molecule has 0 spiro atoms. The smallest absolute Gasteiger partial charge is 0.338 e. The molecule has 2 aliphatic rings. The van der Waals surface area contributed by atoms with Crippen molar-refractivity contribution >= 4 is 22.7 Å².